The largest absolute Gasteiger partial charge is 0.507 e. The normalized spacial score (nSPS) is 20.2. The maximum absolute atomic E-state index is 12.9. The minimum atomic E-state index is -0.782. The molecule has 2 aliphatic rings. The summed E-state index contributed by atoms with van der Waals surface area (Å²) in [7, 11) is 3.89. The van der Waals surface area contributed by atoms with Gasteiger partial charge in [-0.2, -0.15) is 0 Å². The third-order valence-electron chi connectivity index (χ3n) is 5.17. The van der Waals surface area contributed by atoms with Crippen LogP contribution in [-0.4, -0.2) is 67.0 Å². The Balaban J connectivity index is 1.74. The van der Waals surface area contributed by atoms with Crippen molar-refractivity contribution in [2.24, 2.45) is 0 Å². The summed E-state index contributed by atoms with van der Waals surface area (Å²) in [5.74, 6) is -0.146. The summed E-state index contributed by atoms with van der Waals surface area (Å²) < 4.78 is 16.6. The Hall–Kier alpha value is -3.26. The summed E-state index contributed by atoms with van der Waals surface area (Å²) in [6.07, 6.45) is 2.17. The van der Waals surface area contributed by atoms with E-state index in [1.54, 1.807) is 30.3 Å². The van der Waals surface area contributed by atoms with Crippen molar-refractivity contribution in [2.45, 2.75) is 12.5 Å². The van der Waals surface area contributed by atoms with E-state index in [-0.39, 0.29) is 11.3 Å². The van der Waals surface area contributed by atoms with Gasteiger partial charge >= 0.3 is 0 Å². The molecule has 1 unspecified atom stereocenters. The first kappa shape index (κ1) is 20.0. The van der Waals surface area contributed by atoms with Crippen LogP contribution in [0.1, 0.15) is 23.8 Å². The van der Waals surface area contributed by atoms with Gasteiger partial charge in [0.15, 0.2) is 11.5 Å². The quantitative estimate of drug-likeness (QED) is 0.443. The van der Waals surface area contributed by atoms with E-state index in [2.05, 4.69) is 0 Å². The topological polar surface area (TPSA) is 92.5 Å². The molecule has 0 bridgehead atoms. The average molecular weight is 412 g/mol. The average Bonchev–Trinajstić information content (AvgIpc) is 3.35. The molecule has 1 amide bonds. The number of carbonyl (C=O) groups is 2. The van der Waals surface area contributed by atoms with Gasteiger partial charge in [-0.3, -0.25) is 9.59 Å². The van der Waals surface area contributed by atoms with Crippen molar-refractivity contribution >= 4 is 17.4 Å². The molecule has 2 aromatic rings. The standard InChI is InChI=1S/C22H24N2O6/c1-23(2)8-4-9-24-19(16-5-3-10-28-16)18(21(26)22(24)27)20(25)14-6-7-15-17(13-14)30-12-11-29-15/h3,5-7,10,13,19,25H,4,8-9,11-12H2,1-2H3. The van der Waals surface area contributed by atoms with Crippen LogP contribution in [0.4, 0.5) is 0 Å². The lowest BCUT2D eigenvalue weighted by Crippen LogP contribution is -2.32. The van der Waals surface area contributed by atoms with Gasteiger partial charge < -0.3 is 28.8 Å². The monoisotopic (exact) mass is 412 g/mol. The number of amides is 1. The molecule has 0 aliphatic carbocycles. The Morgan fingerprint density at radius 2 is 1.93 bits per heavy atom. The Morgan fingerprint density at radius 1 is 1.17 bits per heavy atom. The number of aliphatic hydroxyl groups is 1. The summed E-state index contributed by atoms with van der Waals surface area (Å²) in [5, 5.41) is 11.0. The highest BCUT2D eigenvalue weighted by atomic mass is 16.6. The minimum Gasteiger partial charge on any atom is -0.507 e. The molecular weight excluding hydrogens is 388 g/mol. The molecule has 4 rings (SSSR count). The van der Waals surface area contributed by atoms with Crippen LogP contribution in [0.5, 0.6) is 11.5 Å². The molecule has 0 spiro atoms. The number of furan rings is 1. The molecule has 0 radical (unpaired) electrons. The van der Waals surface area contributed by atoms with E-state index in [4.69, 9.17) is 13.9 Å². The number of likely N-dealkylation sites (tertiary alicyclic amines) is 1. The van der Waals surface area contributed by atoms with E-state index < -0.39 is 17.7 Å². The van der Waals surface area contributed by atoms with Crippen molar-refractivity contribution in [3.8, 4) is 11.5 Å². The molecule has 1 N–H and O–H groups in total. The molecule has 1 atom stereocenters. The summed E-state index contributed by atoms with van der Waals surface area (Å²) in [4.78, 5) is 29.2. The second-order valence-electron chi connectivity index (χ2n) is 7.52. The van der Waals surface area contributed by atoms with E-state index in [0.29, 0.717) is 49.0 Å². The van der Waals surface area contributed by atoms with Crippen molar-refractivity contribution in [3.63, 3.8) is 0 Å². The number of hydrogen-bond acceptors (Lipinski definition) is 7. The van der Waals surface area contributed by atoms with Gasteiger partial charge in [-0.1, -0.05) is 0 Å². The minimum absolute atomic E-state index is 0.0106. The van der Waals surface area contributed by atoms with E-state index in [1.165, 1.54) is 11.2 Å². The molecule has 1 aromatic carbocycles. The molecular formula is C22H24N2O6. The van der Waals surface area contributed by atoms with Crippen LogP contribution in [0.2, 0.25) is 0 Å². The van der Waals surface area contributed by atoms with Gasteiger partial charge in [-0.05, 0) is 57.4 Å². The van der Waals surface area contributed by atoms with Gasteiger partial charge in [-0.25, -0.2) is 0 Å². The van der Waals surface area contributed by atoms with Crippen molar-refractivity contribution in [3.05, 3.63) is 53.5 Å². The van der Waals surface area contributed by atoms with Crippen molar-refractivity contribution in [2.75, 3.05) is 40.4 Å². The van der Waals surface area contributed by atoms with Gasteiger partial charge in [0.05, 0.1) is 11.8 Å². The molecule has 1 aromatic heterocycles. The van der Waals surface area contributed by atoms with E-state index in [1.807, 2.05) is 19.0 Å². The molecule has 3 heterocycles. The number of ketones is 1. The van der Waals surface area contributed by atoms with Crippen LogP contribution in [0, 0.1) is 0 Å². The predicted octanol–water partition coefficient (Wildman–Crippen LogP) is 2.42. The van der Waals surface area contributed by atoms with Crippen LogP contribution >= 0.6 is 0 Å². The zero-order chi connectivity index (χ0) is 21.3. The number of fused-ring (bicyclic) bond motifs is 1. The fourth-order valence-corrected chi connectivity index (χ4v) is 3.76. The first-order chi connectivity index (χ1) is 14.5. The summed E-state index contributed by atoms with van der Waals surface area (Å²) in [6.45, 7) is 1.98. The lowest BCUT2D eigenvalue weighted by molar-refractivity contribution is -0.140. The van der Waals surface area contributed by atoms with Crippen LogP contribution in [0.15, 0.2) is 46.6 Å². The second-order valence-corrected chi connectivity index (χ2v) is 7.52. The fourth-order valence-electron chi connectivity index (χ4n) is 3.76. The zero-order valence-corrected chi connectivity index (χ0v) is 17.0. The van der Waals surface area contributed by atoms with Gasteiger partial charge in [0.25, 0.3) is 11.7 Å². The number of aliphatic hydroxyl groups excluding tert-OH is 1. The van der Waals surface area contributed by atoms with Crippen LogP contribution < -0.4 is 9.47 Å². The van der Waals surface area contributed by atoms with Crippen LogP contribution in [0.25, 0.3) is 5.76 Å². The number of Topliss-reactive ketones (excluding diaryl/α,β-unsaturated/α-hetero) is 1. The number of nitrogens with zero attached hydrogens (tertiary/aromatic N) is 2. The summed E-state index contributed by atoms with van der Waals surface area (Å²) in [5.41, 5.74) is 0.388. The third kappa shape index (κ3) is 3.66. The molecule has 2 aliphatic heterocycles. The van der Waals surface area contributed by atoms with Gasteiger partial charge in [0, 0.05) is 12.1 Å². The smallest absolute Gasteiger partial charge is 0.295 e. The molecule has 8 nitrogen and oxygen atoms in total. The molecule has 1 saturated heterocycles. The predicted molar refractivity (Wildman–Crippen MR) is 108 cm³/mol. The Labute approximate surface area is 174 Å². The Kier molecular flexibility index (Phi) is 5.50. The maximum atomic E-state index is 12.9. The van der Waals surface area contributed by atoms with E-state index in [9.17, 15) is 14.7 Å². The molecule has 8 heteroatoms. The molecule has 1 fully saturated rings. The van der Waals surface area contributed by atoms with Gasteiger partial charge in [0.2, 0.25) is 0 Å². The number of ether oxygens (including phenoxy) is 2. The van der Waals surface area contributed by atoms with Gasteiger partial charge in [-0.15, -0.1) is 0 Å². The van der Waals surface area contributed by atoms with Crippen LogP contribution in [0.3, 0.4) is 0 Å². The number of benzene rings is 1. The van der Waals surface area contributed by atoms with Crippen molar-refractivity contribution in [1.29, 1.82) is 0 Å². The maximum Gasteiger partial charge on any atom is 0.295 e. The first-order valence-corrected chi connectivity index (χ1v) is 9.84. The number of carbonyl (C=O) groups excluding carboxylic acids is 2. The lowest BCUT2D eigenvalue weighted by Gasteiger charge is -2.24. The molecule has 158 valence electrons. The van der Waals surface area contributed by atoms with Gasteiger partial charge in [0.1, 0.15) is 30.8 Å². The first-order valence-electron chi connectivity index (χ1n) is 9.84. The SMILES string of the molecule is CN(C)CCCN1C(=O)C(=O)C(=C(O)c2ccc3c(c2)OCCO3)C1c1ccco1. The van der Waals surface area contributed by atoms with E-state index in [0.717, 1.165) is 6.54 Å². The van der Waals surface area contributed by atoms with Crippen LogP contribution in [-0.2, 0) is 9.59 Å². The Bertz CT molecular complexity index is 980. The zero-order valence-electron chi connectivity index (χ0n) is 17.0. The Morgan fingerprint density at radius 3 is 2.63 bits per heavy atom. The summed E-state index contributed by atoms with van der Waals surface area (Å²) >= 11 is 0. The second kappa shape index (κ2) is 8.23. The lowest BCUT2D eigenvalue weighted by atomic mass is 9.99. The highest BCUT2D eigenvalue weighted by molar-refractivity contribution is 6.46. The fraction of sp³-hybridized carbons (Fsp3) is 0.364. The summed E-state index contributed by atoms with van der Waals surface area (Å²) in [6, 6.07) is 7.55. The van der Waals surface area contributed by atoms with E-state index >= 15 is 0 Å². The highest BCUT2D eigenvalue weighted by Gasteiger charge is 2.47. The molecule has 30 heavy (non-hydrogen) atoms. The number of rotatable bonds is 6. The third-order valence-corrected chi connectivity index (χ3v) is 5.17. The highest BCUT2D eigenvalue weighted by Crippen LogP contribution is 2.41. The van der Waals surface area contributed by atoms with Crippen molar-refractivity contribution < 1.29 is 28.6 Å². The number of hydrogen-bond donors (Lipinski definition) is 1. The molecule has 0 saturated carbocycles. The van der Waals surface area contributed by atoms with Crippen molar-refractivity contribution in [1.82, 2.24) is 9.80 Å².